The number of carbonyl (C=O) groups is 1. The number of ether oxygens (including phenoxy) is 1. The van der Waals surface area contributed by atoms with Gasteiger partial charge in [0.2, 0.25) is 0 Å². The third kappa shape index (κ3) is 3.26. The van der Waals surface area contributed by atoms with Crippen molar-refractivity contribution >= 4 is 16.1 Å². The highest BCUT2D eigenvalue weighted by atomic mass is 32.2. The molecule has 34 heavy (non-hydrogen) atoms. The predicted octanol–water partition coefficient (Wildman–Crippen LogP) is 4.30. The quantitative estimate of drug-likeness (QED) is 0.504. The summed E-state index contributed by atoms with van der Waals surface area (Å²) < 4.78 is 36.7. The van der Waals surface area contributed by atoms with Gasteiger partial charge in [-0.05, 0) is 105 Å². The molecule has 6 nitrogen and oxygen atoms in total. The zero-order valence-electron chi connectivity index (χ0n) is 20.0. The number of aliphatic hydroxyl groups is 1. The smallest absolute Gasteiger partial charge is 0.331 e. The zero-order chi connectivity index (χ0) is 23.9. The van der Waals surface area contributed by atoms with Crippen LogP contribution in [-0.2, 0) is 23.8 Å². The number of rotatable bonds is 4. The van der Waals surface area contributed by atoms with Gasteiger partial charge in [-0.2, -0.15) is 8.42 Å². The Labute approximate surface area is 201 Å². The summed E-state index contributed by atoms with van der Waals surface area (Å²) in [5.41, 5.74) is 1.14. The Morgan fingerprint density at radius 1 is 1.12 bits per heavy atom. The average Bonchev–Trinajstić information content (AvgIpc) is 3.26. The van der Waals surface area contributed by atoms with Gasteiger partial charge >= 0.3 is 5.97 Å². The van der Waals surface area contributed by atoms with Crippen LogP contribution in [0.15, 0.2) is 40.8 Å². The molecule has 4 fully saturated rings. The van der Waals surface area contributed by atoms with Gasteiger partial charge in [0.15, 0.2) is 0 Å². The normalized spacial score (nSPS) is 42.9. The van der Waals surface area contributed by atoms with Crippen molar-refractivity contribution in [3.63, 3.8) is 0 Å². The van der Waals surface area contributed by atoms with E-state index < -0.39 is 15.7 Å². The maximum Gasteiger partial charge on any atom is 0.331 e. The van der Waals surface area contributed by atoms with E-state index in [1.807, 2.05) is 6.92 Å². The van der Waals surface area contributed by atoms with Crippen LogP contribution in [0.2, 0.25) is 0 Å². The molecule has 1 aromatic rings. The minimum Gasteiger partial charge on any atom is -0.455 e. The molecule has 1 aromatic carbocycles. The lowest BCUT2D eigenvalue weighted by Crippen LogP contribution is -2.53. The first-order chi connectivity index (χ1) is 16.0. The minimum absolute atomic E-state index is 0.0107. The van der Waals surface area contributed by atoms with Gasteiger partial charge in [-0.1, -0.05) is 24.6 Å². The number of aryl methyl sites for hydroxylation is 1. The van der Waals surface area contributed by atoms with Crippen LogP contribution < -0.4 is 0 Å². The Kier molecular flexibility index (Phi) is 4.95. The van der Waals surface area contributed by atoms with Crippen LogP contribution in [0.25, 0.3) is 0 Å². The highest BCUT2D eigenvalue weighted by Crippen LogP contribution is 2.71. The number of esters is 1. The van der Waals surface area contributed by atoms with Gasteiger partial charge in [0.1, 0.15) is 6.10 Å². The molecule has 1 N–H and O–H groups in total. The summed E-state index contributed by atoms with van der Waals surface area (Å²) in [5.74, 6) is 0.673. The third-order valence-corrected chi connectivity index (χ3v) is 11.5. The molecule has 5 aliphatic rings. The second kappa shape index (κ2) is 7.40. The molecule has 0 radical (unpaired) electrons. The summed E-state index contributed by atoms with van der Waals surface area (Å²) in [6.07, 6.45) is 9.05. The van der Waals surface area contributed by atoms with Crippen molar-refractivity contribution in [3.05, 3.63) is 41.5 Å². The molecule has 1 aliphatic heterocycles. The molecule has 2 bridgehead atoms. The lowest BCUT2D eigenvalue weighted by Gasteiger charge is -2.60. The van der Waals surface area contributed by atoms with Crippen molar-refractivity contribution < 1.29 is 27.2 Å². The van der Waals surface area contributed by atoms with Gasteiger partial charge in [-0.25, -0.2) is 4.79 Å². The molecule has 1 heterocycles. The number of hydrogen-bond donors (Lipinski definition) is 1. The molecule has 0 unspecified atom stereocenters. The van der Waals surface area contributed by atoms with E-state index in [1.165, 1.54) is 5.57 Å². The number of hydrogen-bond acceptors (Lipinski definition) is 6. The topological polar surface area (TPSA) is 89.9 Å². The fourth-order valence-electron chi connectivity index (χ4n) is 8.70. The molecular formula is C27H34O6S. The maximum atomic E-state index is 12.8. The molecule has 6 rings (SSSR count). The van der Waals surface area contributed by atoms with E-state index in [4.69, 9.17) is 8.92 Å². The van der Waals surface area contributed by atoms with Crippen LogP contribution in [0.1, 0.15) is 63.9 Å². The summed E-state index contributed by atoms with van der Waals surface area (Å²) >= 11 is 0. The summed E-state index contributed by atoms with van der Waals surface area (Å²) in [5, 5.41) is 11.7. The minimum atomic E-state index is -3.92. The van der Waals surface area contributed by atoms with E-state index in [9.17, 15) is 18.3 Å². The molecular weight excluding hydrogens is 452 g/mol. The highest BCUT2D eigenvalue weighted by Gasteiger charge is 2.67. The number of fused-ring (bicyclic) bond motifs is 5. The third-order valence-electron chi connectivity index (χ3n) is 10.2. The van der Waals surface area contributed by atoms with Crippen LogP contribution in [0.5, 0.6) is 0 Å². The van der Waals surface area contributed by atoms with E-state index in [0.717, 1.165) is 50.5 Å². The molecule has 0 aromatic heterocycles. The Bertz CT molecular complexity index is 1160. The van der Waals surface area contributed by atoms with Crippen molar-refractivity contribution in [1.29, 1.82) is 0 Å². The van der Waals surface area contributed by atoms with Crippen molar-refractivity contribution in [3.8, 4) is 0 Å². The first-order valence-corrected chi connectivity index (χ1v) is 14.1. The second-order valence-corrected chi connectivity index (χ2v) is 13.5. The molecule has 4 saturated carbocycles. The van der Waals surface area contributed by atoms with Crippen LogP contribution in [0.3, 0.4) is 0 Å². The summed E-state index contributed by atoms with van der Waals surface area (Å²) in [6.45, 7) is 4.11. The Hall–Kier alpha value is -1.70. The van der Waals surface area contributed by atoms with E-state index in [1.54, 1.807) is 30.3 Å². The molecule has 1 spiro atoms. The lowest BCUT2D eigenvalue weighted by atomic mass is 9.44. The highest BCUT2D eigenvalue weighted by molar-refractivity contribution is 7.86. The number of benzene rings is 1. The van der Waals surface area contributed by atoms with Gasteiger partial charge in [-0.3, -0.25) is 4.18 Å². The fourth-order valence-corrected chi connectivity index (χ4v) is 9.66. The molecule has 184 valence electrons. The van der Waals surface area contributed by atoms with Gasteiger partial charge < -0.3 is 9.84 Å². The first kappa shape index (κ1) is 22.7. The lowest BCUT2D eigenvalue weighted by molar-refractivity contribution is -0.143. The van der Waals surface area contributed by atoms with Crippen molar-refractivity contribution in [1.82, 2.24) is 0 Å². The number of carbonyl (C=O) groups excluding carboxylic acids is 1. The van der Waals surface area contributed by atoms with Crippen molar-refractivity contribution in [2.75, 3.05) is 6.61 Å². The zero-order valence-corrected chi connectivity index (χ0v) is 20.8. The summed E-state index contributed by atoms with van der Waals surface area (Å²) in [6, 6.07) is 6.62. The monoisotopic (exact) mass is 486 g/mol. The van der Waals surface area contributed by atoms with E-state index in [-0.39, 0.29) is 40.3 Å². The Morgan fingerprint density at radius 3 is 2.65 bits per heavy atom. The standard InChI is InChI=1S/C27H34O6S/c1-17-3-6-19(7-4-17)34(30,31)32-16-27(29)15-26-12-9-21-20-13-24(28)33-22(20)10-11-25(21,2)23(26)8-5-18(27)14-26/h3-4,6-7,13,18,21-23,29H,5,8-12,14-16H2,1-2H3/t18-,21-,22-,23+,25-,26+,27+/m1/s1. The molecule has 0 saturated heterocycles. The maximum absolute atomic E-state index is 12.8. The van der Waals surface area contributed by atoms with Crippen LogP contribution >= 0.6 is 0 Å². The van der Waals surface area contributed by atoms with Crippen LogP contribution in [-0.4, -0.2) is 37.8 Å². The molecule has 7 atom stereocenters. The molecule has 7 heteroatoms. The second-order valence-electron chi connectivity index (χ2n) is 11.9. The summed E-state index contributed by atoms with van der Waals surface area (Å²) in [7, 11) is -3.92. The van der Waals surface area contributed by atoms with Crippen LogP contribution in [0, 0.1) is 35.5 Å². The largest absolute Gasteiger partial charge is 0.455 e. The van der Waals surface area contributed by atoms with Crippen LogP contribution in [0.4, 0.5) is 0 Å². The average molecular weight is 487 g/mol. The summed E-state index contributed by atoms with van der Waals surface area (Å²) in [4.78, 5) is 12.1. The predicted molar refractivity (Wildman–Crippen MR) is 125 cm³/mol. The van der Waals surface area contributed by atoms with Gasteiger partial charge in [0, 0.05) is 6.08 Å². The van der Waals surface area contributed by atoms with Gasteiger partial charge in [0.25, 0.3) is 10.1 Å². The van der Waals surface area contributed by atoms with E-state index >= 15 is 0 Å². The fraction of sp³-hybridized carbons (Fsp3) is 0.667. The Balaban J connectivity index is 1.23. The van der Waals surface area contributed by atoms with Gasteiger partial charge in [-0.15, -0.1) is 0 Å². The van der Waals surface area contributed by atoms with Crippen molar-refractivity contribution in [2.45, 2.75) is 81.8 Å². The van der Waals surface area contributed by atoms with Gasteiger partial charge in [0.05, 0.1) is 17.1 Å². The molecule has 4 aliphatic carbocycles. The SMILES string of the molecule is Cc1ccc(S(=O)(=O)OC[C@@]2(O)C[C@@]34CC[C@@H]5C6=CC(=O)O[C@@H]6CC[C@@]5(C)[C@@H]3CC[C@@H]2C4)cc1. The van der Waals surface area contributed by atoms with E-state index in [2.05, 4.69) is 6.92 Å². The first-order valence-electron chi connectivity index (χ1n) is 12.7. The molecule has 0 amide bonds. The Morgan fingerprint density at radius 2 is 1.88 bits per heavy atom. The van der Waals surface area contributed by atoms with Crippen molar-refractivity contribution in [2.24, 2.45) is 28.6 Å². The van der Waals surface area contributed by atoms with E-state index in [0.29, 0.717) is 18.3 Å².